The monoisotopic (exact) mass is 1430 g/mol. The lowest BCUT2D eigenvalue weighted by Gasteiger charge is -2.21. The zero-order valence-corrected chi connectivity index (χ0v) is 66.6. The third kappa shape index (κ3) is 19.9. The van der Waals surface area contributed by atoms with Crippen LogP contribution in [0.5, 0.6) is 0 Å². The molecule has 0 saturated heterocycles. The van der Waals surface area contributed by atoms with Crippen LogP contribution < -0.4 is 0 Å². The molecule has 0 aliphatic carbocycles. The molecule has 0 fully saturated rings. The third-order valence-corrected chi connectivity index (χ3v) is 27.7. The molecule has 0 bridgehead atoms. The molecular weight excluding hydrogens is 1330 g/mol. The van der Waals surface area contributed by atoms with Gasteiger partial charge in [0.2, 0.25) is 0 Å². The van der Waals surface area contributed by atoms with E-state index in [2.05, 4.69) is 448 Å². The van der Waals surface area contributed by atoms with Crippen LogP contribution in [0.4, 0.5) is 0 Å². The molecule has 0 radical (unpaired) electrons. The van der Waals surface area contributed by atoms with Gasteiger partial charge in [0.25, 0.3) is 0 Å². The van der Waals surface area contributed by atoms with Crippen LogP contribution >= 0.6 is 0 Å². The average molecular weight is 1430 g/mol. The number of rotatable bonds is 15. The summed E-state index contributed by atoms with van der Waals surface area (Å²) in [6.07, 6.45) is 3.70. The van der Waals surface area contributed by atoms with Crippen molar-refractivity contribution in [3.8, 4) is 0 Å². The number of hydrogen-bond acceptors (Lipinski definition) is 0. The van der Waals surface area contributed by atoms with Gasteiger partial charge < -0.3 is 0 Å². The summed E-state index contributed by atoms with van der Waals surface area (Å²) in [7, 11) is -0.362. The summed E-state index contributed by atoms with van der Waals surface area (Å²) in [5, 5.41) is 5.26. The summed E-state index contributed by atoms with van der Waals surface area (Å²) in [4.78, 5) is 16.5. The first-order chi connectivity index (χ1) is 50.1. The van der Waals surface area contributed by atoms with Crippen molar-refractivity contribution in [2.45, 2.75) is 190 Å². The van der Waals surface area contributed by atoms with Gasteiger partial charge in [-0.3, -0.25) is 0 Å². The fourth-order valence-corrected chi connectivity index (χ4v) is 21.3. The smallest absolute Gasteiger partial charge is 0.0654 e. The molecule has 0 aliphatic heterocycles. The molecule has 0 nitrogen and oxygen atoms in total. The second kappa shape index (κ2) is 35.2. The quantitative estimate of drug-likeness (QED) is 0.0898. The van der Waals surface area contributed by atoms with E-state index in [1.165, 1.54) is 127 Å². The first-order valence-corrected chi connectivity index (χ1v) is 41.7. The SMILES string of the molecule is CC(C)(C)c1ccc([S+](c2ccc(C(C)(C)C)cc2)c2ccc(C(C)(C)C)cc2)cc1.CC(C)(C)c1ccc([S+](c2ccccc2)c2ccccc2)cc1.CCCCc1ccc([S+](c2ccccc2)c2ccccc2)cc1.c1ccc([S+](c2cccc3ccccc23)c2cccc3ccccc23)cc1. The Balaban J connectivity index is 0.000000140. The molecule has 0 heterocycles. The fourth-order valence-electron chi connectivity index (χ4n) is 12.7. The van der Waals surface area contributed by atoms with Gasteiger partial charge in [-0.25, -0.2) is 0 Å². The predicted molar refractivity (Wildman–Crippen MR) is 454 cm³/mol. The van der Waals surface area contributed by atoms with E-state index < -0.39 is 0 Å². The normalized spacial score (nSPS) is 11.8. The average Bonchev–Trinajstić information content (AvgIpc) is 0.982. The zero-order valence-electron chi connectivity index (χ0n) is 63.3. The van der Waals surface area contributed by atoms with Crippen molar-refractivity contribution < 1.29 is 0 Å². The zero-order chi connectivity index (χ0) is 73.3. The van der Waals surface area contributed by atoms with Gasteiger partial charge in [-0.1, -0.05) is 309 Å². The maximum absolute atomic E-state index is 2.33. The highest BCUT2D eigenvalue weighted by molar-refractivity contribution is 7.98. The fraction of sp³-hybridized carbons (Fsp3) is 0.200. The van der Waals surface area contributed by atoms with Gasteiger partial charge in [-0.15, -0.1) is 0 Å². The van der Waals surface area contributed by atoms with Crippen LogP contribution in [0.2, 0.25) is 0 Å². The van der Waals surface area contributed by atoms with E-state index in [0.29, 0.717) is 0 Å². The minimum atomic E-state index is -0.164. The highest BCUT2D eigenvalue weighted by Gasteiger charge is 2.35. The van der Waals surface area contributed by atoms with E-state index >= 15 is 0 Å². The predicted octanol–water partition coefficient (Wildman–Crippen LogP) is 28.0. The molecule has 0 N–H and O–H groups in total. The van der Waals surface area contributed by atoms with Crippen LogP contribution in [0.15, 0.2) is 417 Å². The van der Waals surface area contributed by atoms with Gasteiger partial charge >= 0.3 is 0 Å². The topological polar surface area (TPSA) is 0 Å². The van der Waals surface area contributed by atoms with Crippen molar-refractivity contribution in [2.24, 2.45) is 0 Å². The molecule has 14 aromatic carbocycles. The molecule has 4 heteroatoms. The molecule has 0 unspecified atom stereocenters. The molecule has 0 atom stereocenters. The highest BCUT2D eigenvalue weighted by Crippen LogP contribution is 2.41. The van der Waals surface area contributed by atoms with Gasteiger partial charge in [0, 0.05) is 10.8 Å². The molecule has 104 heavy (non-hydrogen) atoms. The van der Waals surface area contributed by atoms with Crippen molar-refractivity contribution in [1.82, 2.24) is 0 Å². The molecule has 14 rings (SSSR count). The molecule has 524 valence electrons. The van der Waals surface area contributed by atoms with E-state index in [0.717, 1.165) is 0 Å². The lowest BCUT2D eigenvalue weighted by Crippen LogP contribution is -2.13. The lowest BCUT2D eigenvalue weighted by atomic mass is 9.87. The largest absolute Gasteiger partial charge is 0.174 e. The van der Waals surface area contributed by atoms with Gasteiger partial charge in [0.15, 0.2) is 58.7 Å². The van der Waals surface area contributed by atoms with E-state index in [1.807, 2.05) is 0 Å². The van der Waals surface area contributed by atoms with Crippen molar-refractivity contribution in [1.29, 1.82) is 0 Å². The second-order valence-corrected chi connectivity index (χ2v) is 38.6. The van der Waals surface area contributed by atoms with Gasteiger partial charge in [0.1, 0.15) is 10.9 Å². The summed E-state index contributed by atoms with van der Waals surface area (Å²) in [6, 6.07) is 131. The number of aryl methyl sites for hydroxylation is 1. The van der Waals surface area contributed by atoms with E-state index in [1.54, 1.807) is 0 Å². The molecule has 14 aromatic rings. The molecule has 0 aromatic heterocycles. The maximum atomic E-state index is 2.33. The van der Waals surface area contributed by atoms with Crippen molar-refractivity contribution in [3.63, 3.8) is 0 Å². The Morgan fingerprint density at radius 3 is 0.663 bits per heavy atom. The van der Waals surface area contributed by atoms with Crippen LogP contribution in [0, 0.1) is 0 Å². The first kappa shape index (κ1) is 76.1. The summed E-state index contributed by atoms with van der Waals surface area (Å²) in [5.41, 5.74) is 7.66. The van der Waals surface area contributed by atoms with Crippen molar-refractivity contribution in [3.05, 3.63) is 386 Å². The Morgan fingerprint density at radius 1 is 0.202 bits per heavy atom. The van der Waals surface area contributed by atoms with E-state index in [4.69, 9.17) is 0 Å². The van der Waals surface area contributed by atoms with Crippen molar-refractivity contribution >= 4 is 65.1 Å². The minimum Gasteiger partial charge on any atom is -0.0654 e. The van der Waals surface area contributed by atoms with Gasteiger partial charge in [-0.05, 0) is 219 Å². The Kier molecular flexibility index (Phi) is 25.8. The second-order valence-electron chi connectivity index (χ2n) is 30.6. The molecular formula is C100H104S4+4. The number of fused-ring (bicyclic) bond motifs is 2. The Hall–Kier alpha value is -9.00. The minimum absolute atomic E-state index is 0.0286. The summed E-state index contributed by atoms with van der Waals surface area (Å²) in [5.74, 6) is 0. The number of unbranched alkanes of at least 4 members (excludes halogenated alkanes) is 1. The first-order valence-electron chi connectivity index (χ1n) is 36.8. The van der Waals surface area contributed by atoms with Crippen LogP contribution in [-0.2, 0) is 71.7 Å². The summed E-state index contributed by atoms with van der Waals surface area (Å²) in [6.45, 7) is 29.5. The Bertz CT molecular complexity index is 4610. The molecule has 0 spiro atoms. The van der Waals surface area contributed by atoms with Gasteiger partial charge in [0.05, 0.1) is 32.7 Å². The summed E-state index contributed by atoms with van der Waals surface area (Å²) < 4.78 is 0. The number of benzene rings is 14. The third-order valence-electron chi connectivity index (χ3n) is 18.6. The van der Waals surface area contributed by atoms with Gasteiger partial charge in [-0.2, -0.15) is 0 Å². The van der Waals surface area contributed by atoms with Crippen LogP contribution in [0.3, 0.4) is 0 Å². The van der Waals surface area contributed by atoms with Crippen LogP contribution in [0.25, 0.3) is 21.5 Å². The Morgan fingerprint density at radius 2 is 0.413 bits per heavy atom. The molecule has 0 saturated carbocycles. The Labute approximate surface area is 635 Å². The van der Waals surface area contributed by atoms with Crippen LogP contribution in [-0.4, -0.2) is 0 Å². The maximum Gasteiger partial charge on any atom is 0.174 e. The molecule has 0 aliphatic rings. The standard InChI is InChI=1S/C30H39S.C26H19S.2C22H23S/c1-28(2,3)22-10-16-25(17-11-22)31(26-18-12-23(13-19-26)29(4,5)6)27-20-14-24(15-21-27)30(7,8)9;1-2-14-22(15-3-1)27(25-18-8-12-20-10-4-6-16-23(20)25)26-19-9-13-21-11-5-7-17-24(21)26;1-22(2,3)18-14-16-21(17-15-18)23(19-10-6-4-7-11-19)20-12-8-5-9-13-20;1-2-3-10-19-15-17-22(18-16-19)23(20-11-6-4-7-12-20)21-13-8-5-9-14-21/h10-21H,1-9H3;1-19H;4-17H,1-3H3;4-9,11-18H,2-3,10H2,1H3/q4*+1. The van der Waals surface area contributed by atoms with Crippen molar-refractivity contribution in [2.75, 3.05) is 0 Å². The lowest BCUT2D eigenvalue weighted by molar-refractivity contribution is 0.589. The number of hydrogen-bond donors (Lipinski definition) is 0. The summed E-state index contributed by atoms with van der Waals surface area (Å²) >= 11 is 0. The van der Waals surface area contributed by atoms with E-state index in [-0.39, 0.29) is 65.2 Å². The van der Waals surface area contributed by atoms with Crippen LogP contribution in [0.1, 0.15) is 131 Å². The van der Waals surface area contributed by atoms with E-state index in [9.17, 15) is 0 Å². The molecule has 0 amide bonds. The highest BCUT2D eigenvalue weighted by atomic mass is 32.2.